The van der Waals surface area contributed by atoms with E-state index in [0.717, 1.165) is 5.69 Å². The summed E-state index contributed by atoms with van der Waals surface area (Å²) in [6.45, 7) is 0. The minimum Gasteiger partial charge on any atom is -0.312 e. The van der Waals surface area contributed by atoms with Crippen LogP contribution in [0.25, 0.3) is 5.69 Å². The fourth-order valence-corrected chi connectivity index (χ4v) is 1.11. The molecule has 0 radical (unpaired) electrons. The lowest BCUT2D eigenvalue weighted by molar-refractivity contribution is 0.987. The van der Waals surface area contributed by atoms with Crippen LogP contribution in [0.3, 0.4) is 0 Å². The lowest BCUT2D eigenvalue weighted by atomic mass is 10.3. The van der Waals surface area contributed by atoms with Crippen molar-refractivity contribution in [2.75, 3.05) is 0 Å². The maximum Gasteiger partial charge on any atom is 0.330 e. The number of para-hydroxylation sites is 1. The van der Waals surface area contributed by atoms with Gasteiger partial charge >= 0.3 is 5.69 Å². The lowest BCUT2D eigenvalue weighted by Gasteiger charge is -1.97. The summed E-state index contributed by atoms with van der Waals surface area (Å²) in [6, 6.07) is 9.48. The molecule has 2 rings (SSSR count). The van der Waals surface area contributed by atoms with Crippen molar-refractivity contribution in [3.8, 4) is 5.69 Å². The molecule has 1 aromatic heterocycles. The van der Waals surface area contributed by atoms with Crippen molar-refractivity contribution < 1.29 is 0 Å². The number of aromatic nitrogens is 2. The Bertz CT molecular complexity index is 413. The van der Waals surface area contributed by atoms with Gasteiger partial charge in [-0.25, -0.2) is 4.79 Å². The summed E-state index contributed by atoms with van der Waals surface area (Å²) >= 11 is 0. The van der Waals surface area contributed by atoms with Crippen molar-refractivity contribution in [3.63, 3.8) is 0 Å². The standard InChI is InChI=1S/C9H8N2O/c12-9-10-6-7-11(9)8-4-2-1-3-5-8/h1-7H,(H,10,12). The molecule has 3 nitrogen and oxygen atoms in total. The van der Waals surface area contributed by atoms with Crippen molar-refractivity contribution >= 4 is 0 Å². The van der Waals surface area contributed by atoms with E-state index in [1.54, 1.807) is 17.0 Å². The third kappa shape index (κ3) is 1.05. The molecule has 0 aliphatic carbocycles. The van der Waals surface area contributed by atoms with Crippen molar-refractivity contribution in [1.29, 1.82) is 0 Å². The molecule has 1 aromatic carbocycles. The zero-order valence-electron chi connectivity index (χ0n) is 6.40. The van der Waals surface area contributed by atoms with Crippen LogP contribution in [0.2, 0.25) is 0 Å². The van der Waals surface area contributed by atoms with Crippen LogP contribution in [0.5, 0.6) is 0 Å². The molecule has 2 aromatic rings. The number of aromatic amines is 1. The SMILES string of the molecule is O=c1[nH]ccn1-c1ccccc1. The van der Waals surface area contributed by atoms with Crippen molar-refractivity contribution in [3.05, 3.63) is 53.2 Å². The summed E-state index contributed by atoms with van der Waals surface area (Å²) in [5.74, 6) is 0. The van der Waals surface area contributed by atoms with Gasteiger partial charge in [0.2, 0.25) is 0 Å². The van der Waals surface area contributed by atoms with E-state index in [1.807, 2.05) is 30.3 Å². The predicted octanol–water partition coefficient (Wildman–Crippen LogP) is 1.17. The molecule has 1 heterocycles. The number of benzene rings is 1. The Hall–Kier alpha value is -1.77. The highest BCUT2D eigenvalue weighted by atomic mass is 16.1. The molecule has 0 atom stereocenters. The molecule has 0 fully saturated rings. The fourth-order valence-electron chi connectivity index (χ4n) is 1.11. The smallest absolute Gasteiger partial charge is 0.312 e. The first-order valence-corrected chi connectivity index (χ1v) is 3.69. The highest BCUT2D eigenvalue weighted by Gasteiger charge is 1.96. The number of H-pyrrole nitrogens is 1. The van der Waals surface area contributed by atoms with Gasteiger partial charge in [0, 0.05) is 12.4 Å². The van der Waals surface area contributed by atoms with E-state index in [4.69, 9.17) is 0 Å². The second-order valence-electron chi connectivity index (χ2n) is 2.47. The Morgan fingerprint density at radius 2 is 1.92 bits per heavy atom. The molecule has 0 saturated carbocycles. The summed E-state index contributed by atoms with van der Waals surface area (Å²) in [5, 5.41) is 0. The van der Waals surface area contributed by atoms with Crippen LogP contribution >= 0.6 is 0 Å². The van der Waals surface area contributed by atoms with Gasteiger partial charge in [0.1, 0.15) is 0 Å². The van der Waals surface area contributed by atoms with Crippen LogP contribution in [0.4, 0.5) is 0 Å². The topological polar surface area (TPSA) is 37.8 Å². The Balaban J connectivity index is 2.59. The van der Waals surface area contributed by atoms with Gasteiger partial charge in [-0.2, -0.15) is 0 Å². The van der Waals surface area contributed by atoms with E-state index in [1.165, 1.54) is 0 Å². The van der Waals surface area contributed by atoms with Crippen molar-refractivity contribution in [1.82, 2.24) is 9.55 Å². The summed E-state index contributed by atoms with van der Waals surface area (Å²) in [6.07, 6.45) is 3.33. The molecular formula is C9H8N2O. The first-order valence-electron chi connectivity index (χ1n) is 3.69. The molecule has 3 heteroatoms. The maximum absolute atomic E-state index is 11.1. The monoisotopic (exact) mass is 160 g/mol. The highest BCUT2D eigenvalue weighted by molar-refractivity contribution is 5.30. The van der Waals surface area contributed by atoms with Gasteiger partial charge in [-0.1, -0.05) is 18.2 Å². The normalized spacial score (nSPS) is 10.0. The third-order valence-electron chi connectivity index (χ3n) is 1.68. The number of nitrogens with zero attached hydrogens (tertiary/aromatic N) is 1. The second-order valence-corrected chi connectivity index (χ2v) is 2.47. The zero-order valence-corrected chi connectivity index (χ0v) is 6.40. The van der Waals surface area contributed by atoms with Crippen LogP contribution in [0.15, 0.2) is 47.5 Å². The number of nitrogens with one attached hydrogen (secondary N) is 1. The van der Waals surface area contributed by atoms with Crippen LogP contribution in [0, 0.1) is 0 Å². The Labute approximate surface area is 69.3 Å². The molecule has 0 saturated heterocycles. The molecule has 0 aliphatic rings. The quantitative estimate of drug-likeness (QED) is 0.668. The second kappa shape index (κ2) is 2.70. The molecule has 0 spiro atoms. The summed E-state index contributed by atoms with van der Waals surface area (Å²) in [7, 11) is 0. The Morgan fingerprint density at radius 3 is 2.50 bits per heavy atom. The average molecular weight is 160 g/mol. The number of hydrogen-bond acceptors (Lipinski definition) is 1. The van der Waals surface area contributed by atoms with Crippen LogP contribution in [-0.2, 0) is 0 Å². The third-order valence-corrected chi connectivity index (χ3v) is 1.68. The first-order chi connectivity index (χ1) is 5.88. The van der Waals surface area contributed by atoms with Gasteiger partial charge in [-0.15, -0.1) is 0 Å². The van der Waals surface area contributed by atoms with E-state index in [2.05, 4.69) is 4.98 Å². The predicted molar refractivity (Wildman–Crippen MR) is 46.4 cm³/mol. The molecule has 12 heavy (non-hydrogen) atoms. The van der Waals surface area contributed by atoms with Gasteiger partial charge in [0.25, 0.3) is 0 Å². The Morgan fingerprint density at radius 1 is 1.17 bits per heavy atom. The first kappa shape index (κ1) is 6.91. The fraction of sp³-hybridized carbons (Fsp3) is 0. The molecule has 1 N–H and O–H groups in total. The van der Waals surface area contributed by atoms with E-state index in [9.17, 15) is 4.79 Å². The number of hydrogen-bond donors (Lipinski definition) is 1. The summed E-state index contributed by atoms with van der Waals surface area (Å²) in [5.41, 5.74) is 0.768. The number of imidazole rings is 1. The van der Waals surface area contributed by atoms with Gasteiger partial charge < -0.3 is 4.98 Å². The van der Waals surface area contributed by atoms with Crippen LogP contribution in [0.1, 0.15) is 0 Å². The van der Waals surface area contributed by atoms with E-state index in [0.29, 0.717) is 0 Å². The zero-order chi connectivity index (χ0) is 8.39. The molecular weight excluding hydrogens is 152 g/mol. The molecule has 0 aliphatic heterocycles. The van der Waals surface area contributed by atoms with Crippen molar-refractivity contribution in [2.45, 2.75) is 0 Å². The lowest BCUT2D eigenvalue weighted by Crippen LogP contribution is -2.13. The van der Waals surface area contributed by atoms with E-state index in [-0.39, 0.29) is 5.69 Å². The van der Waals surface area contributed by atoms with E-state index < -0.39 is 0 Å². The van der Waals surface area contributed by atoms with Crippen LogP contribution in [-0.4, -0.2) is 9.55 Å². The van der Waals surface area contributed by atoms with Gasteiger partial charge in [-0.05, 0) is 12.1 Å². The van der Waals surface area contributed by atoms with Gasteiger partial charge in [0.05, 0.1) is 5.69 Å². The summed E-state index contributed by atoms with van der Waals surface area (Å²) in [4.78, 5) is 13.7. The number of rotatable bonds is 1. The molecule has 60 valence electrons. The minimum absolute atomic E-state index is 0.110. The minimum atomic E-state index is -0.110. The highest BCUT2D eigenvalue weighted by Crippen LogP contribution is 2.01. The molecule has 0 amide bonds. The van der Waals surface area contributed by atoms with Gasteiger partial charge in [-0.3, -0.25) is 4.57 Å². The summed E-state index contributed by atoms with van der Waals surface area (Å²) < 4.78 is 1.56. The van der Waals surface area contributed by atoms with E-state index >= 15 is 0 Å². The maximum atomic E-state index is 11.1. The Kier molecular flexibility index (Phi) is 1.55. The van der Waals surface area contributed by atoms with Crippen molar-refractivity contribution in [2.24, 2.45) is 0 Å². The average Bonchev–Trinajstić information content (AvgIpc) is 2.53. The van der Waals surface area contributed by atoms with Crippen LogP contribution < -0.4 is 5.69 Å². The molecule has 0 bridgehead atoms. The largest absolute Gasteiger partial charge is 0.330 e. The molecule has 0 unspecified atom stereocenters. The van der Waals surface area contributed by atoms with Gasteiger partial charge in [0.15, 0.2) is 0 Å².